The first-order chi connectivity index (χ1) is 14.7. The van der Waals surface area contributed by atoms with Crippen LogP contribution in [0.1, 0.15) is 33.4 Å². The van der Waals surface area contributed by atoms with Crippen LogP contribution in [0.5, 0.6) is 17.2 Å². The van der Waals surface area contributed by atoms with Gasteiger partial charge in [-0.15, -0.1) is 5.10 Å². The molecule has 3 heterocycles. The summed E-state index contributed by atoms with van der Waals surface area (Å²) in [5.41, 5.74) is 2.88. The zero-order valence-electron chi connectivity index (χ0n) is 16.3. The van der Waals surface area contributed by atoms with E-state index in [-0.39, 0.29) is 31.1 Å². The van der Waals surface area contributed by atoms with Crippen molar-refractivity contribution in [3.63, 3.8) is 0 Å². The minimum Gasteiger partial charge on any atom is -0.497 e. The molecule has 0 radical (unpaired) electrons. The standard InChI is InChI=1S/C21H20N4O5/c1-27-15-5-3-14(4-6-15)19-10-25-16(11-28-19)20(23-24-25)21(26)22-9-13-2-7-17-18(8-13)30-12-29-17/h2-8,19H,9-12H2,1H3,(H,22,26). The van der Waals surface area contributed by atoms with Crippen LogP contribution in [0.2, 0.25) is 0 Å². The van der Waals surface area contributed by atoms with Crippen LogP contribution in [0.4, 0.5) is 0 Å². The fourth-order valence-corrected chi connectivity index (χ4v) is 3.53. The average molecular weight is 408 g/mol. The van der Waals surface area contributed by atoms with E-state index in [1.54, 1.807) is 11.8 Å². The third kappa shape index (κ3) is 3.43. The highest BCUT2D eigenvalue weighted by molar-refractivity contribution is 5.93. The summed E-state index contributed by atoms with van der Waals surface area (Å²) < 4.78 is 23.6. The Balaban J connectivity index is 1.25. The Labute approximate surface area is 172 Å². The van der Waals surface area contributed by atoms with Gasteiger partial charge < -0.3 is 24.3 Å². The molecule has 0 fully saturated rings. The highest BCUT2D eigenvalue weighted by Gasteiger charge is 2.27. The Kier molecular flexibility index (Phi) is 4.72. The third-order valence-electron chi connectivity index (χ3n) is 5.19. The lowest BCUT2D eigenvalue weighted by molar-refractivity contribution is -0.00179. The fourth-order valence-electron chi connectivity index (χ4n) is 3.53. The molecule has 2 aliphatic rings. The number of hydrogen-bond donors (Lipinski definition) is 1. The highest BCUT2D eigenvalue weighted by atomic mass is 16.7. The van der Waals surface area contributed by atoms with Crippen molar-refractivity contribution in [3.05, 3.63) is 65.0 Å². The fraction of sp³-hybridized carbons (Fsp3) is 0.286. The van der Waals surface area contributed by atoms with Gasteiger partial charge in [0.25, 0.3) is 5.91 Å². The van der Waals surface area contributed by atoms with Crippen molar-refractivity contribution >= 4 is 5.91 Å². The first kappa shape index (κ1) is 18.4. The Morgan fingerprint density at radius 1 is 1.20 bits per heavy atom. The van der Waals surface area contributed by atoms with E-state index in [1.165, 1.54) is 0 Å². The predicted molar refractivity (Wildman–Crippen MR) is 104 cm³/mol. The van der Waals surface area contributed by atoms with Crippen LogP contribution < -0.4 is 19.5 Å². The number of methoxy groups -OCH3 is 1. The van der Waals surface area contributed by atoms with Gasteiger partial charge in [-0.25, -0.2) is 4.68 Å². The zero-order valence-corrected chi connectivity index (χ0v) is 16.3. The van der Waals surface area contributed by atoms with Gasteiger partial charge in [-0.2, -0.15) is 0 Å². The van der Waals surface area contributed by atoms with Crippen LogP contribution in [0.25, 0.3) is 0 Å². The number of hydrogen-bond acceptors (Lipinski definition) is 7. The molecule has 0 bridgehead atoms. The Morgan fingerprint density at radius 2 is 2.03 bits per heavy atom. The number of benzene rings is 2. The number of rotatable bonds is 5. The number of fused-ring (bicyclic) bond motifs is 2. The molecule has 5 rings (SSSR count). The molecule has 2 aromatic carbocycles. The quantitative estimate of drug-likeness (QED) is 0.691. The molecule has 154 valence electrons. The highest BCUT2D eigenvalue weighted by Crippen LogP contribution is 2.32. The molecule has 2 aliphatic heterocycles. The van der Waals surface area contributed by atoms with Gasteiger partial charge in [0.05, 0.1) is 26.0 Å². The minimum absolute atomic E-state index is 0.158. The molecule has 0 saturated carbocycles. The van der Waals surface area contributed by atoms with E-state index in [0.717, 1.165) is 16.9 Å². The maximum absolute atomic E-state index is 12.7. The van der Waals surface area contributed by atoms with Crippen LogP contribution in [-0.2, 0) is 24.4 Å². The van der Waals surface area contributed by atoms with Crippen LogP contribution in [0.3, 0.4) is 0 Å². The maximum atomic E-state index is 12.7. The Hall–Kier alpha value is -3.59. The maximum Gasteiger partial charge on any atom is 0.274 e. The number of amides is 1. The lowest BCUT2D eigenvalue weighted by Gasteiger charge is -2.24. The zero-order chi connectivity index (χ0) is 20.5. The number of aromatic nitrogens is 3. The van der Waals surface area contributed by atoms with E-state index in [0.29, 0.717) is 30.3 Å². The lowest BCUT2D eigenvalue weighted by Crippen LogP contribution is -2.27. The second-order valence-electron chi connectivity index (χ2n) is 7.01. The number of nitrogens with one attached hydrogen (secondary N) is 1. The molecule has 9 nitrogen and oxygen atoms in total. The van der Waals surface area contributed by atoms with Crippen molar-refractivity contribution < 1.29 is 23.7 Å². The third-order valence-corrected chi connectivity index (χ3v) is 5.19. The Bertz CT molecular complexity index is 1080. The van der Waals surface area contributed by atoms with Gasteiger partial charge in [-0.05, 0) is 35.4 Å². The topological polar surface area (TPSA) is 96.7 Å². The number of carbonyl (C=O) groups excluding carboxylic acids is 1. The molecule has 0 aliphatic carbocycles. The van der Waals surface area contributed by atoms with Crippen LogP contribution >= 0.6 is 0 Å². The summed E-state index contributed by atoms with van der Waals surface area (Å²) in [6, 6.07) is 13.3. The minimum atomic E-state index is -0.291. The summed E-state index contributed by atoms with van der Waals surface area (Å²) in [6.07, 6.45) is -0.158. The van der Waals surface area contributed by atoms with Crippen LogP contribution in [-0.4, -0.2) is 34.8 Å². The van der Waals surface area contributed by atoms with Crippen molar-refractivity contribution in [1.82, 2.24) is 20.3 Å². The van der Waals surface area contributed by atoms with Gasteiger partial charge in [-0.3, -0.25) is 4.79 Å². The molecule has 0 spiro atoms. The number of carbonyl (C=O) groups is 1. The summed E-state index contributed by atoms with van der Waals surface area (Å²) in [7, 11) is 1.63. The molecule has 1 unspecified atom stereocenters. The molecule has 1 amide bonds. The predicted octanol–water partition coefficient (Wildman–Crippen LogP) is 2.22. The molecule has 9 heteroatoms. The summed E-state index contributed by atoms with van der Waals surface area (Å²) >= 11 is 0. The van der Waals surface area contributed by atoms with Crippen molar-refractivity contribution in [3.8, 4) is 17.2 Å². The SMILES string of the molecule is COc1ccc(C2Cn3nnc(C(=O)NCc4ccc5c(c4)OCO5)c3CO2)cc1. The van der Waals surface area contributed by atoms with Gasteiger partial charge in [-0.1, -0.05) is 23.4 Å². The van der Waals surface area contributed by atoms with Gasteiger partial charge >= 0.3 is 0 Å². The largest absolute Gasteiger partial charge is 0.497 e. The van der Waals surface area contributed by atoms with Crippen molar-refractivity contribution in [2.24, 2.45) is 0 Å². The second kappa shape index (κ2) is 7.68. The van der Waals surface area contributed by atoms with Crippen LogP contribution in [0, 0.1) is 0 Å². The molecule has 1 N–H and O–H groups in total. The summed E-state index contributed by atoms with van der Waals surface area (Å²) in [5.74, 6) is 1.89. The summed E-state index contributed by atoms with van der Waals surface area (Å²) in [4.78, 5) is 12.7. The monoisotopic (exact) mass is 408 g/mol. The molecular formula is C21H20N4O5. The van der Waals surface area contributed by atoms with Crippen molar-refractivity contribution in [1.29, 1.82) is 0 Å². The van der Waals surface area contributed by atoms with E-state index < -0.39 is 0 Å². The normalized spacial score (nSPS) is 16.8. The van der Waals surface area contributed by atoms with Crippen LogP contribution in [0.15, 0.2) is 42.5 Å². The lowest BCUT2D eigenvalue weighted by atomic mass is 10.1. The van der Waals surface area contributed by atoms with E-state index in [4.69, 9.17) is 18.9 Å². The number of nitrogens with zero attached hydrogens (tertiary/aromatic N) is 3. The first-order valence-electron chi connectivity index (χ1n) is 9.56. The molecule has 1 atom stereocenters. The van der Waals surface area contributed by atoms with Gasteiger partial charge in [0.2, 0.25) is 6.79 Å². The first-order valence-corrected chi connectivity index (χ1v) is 9.56. The van der Waals surface area contributed by atoms with E-state index >= 15 is 0 Å². The molecule has 30 heavy (non-hydrogen) atoms. The van der Waals surface area contributed by atoms with E-state index in [1.807, 2.05) is 42.5 Å². The van der Waals surface area contributed by atoms with Gasteiger partial charge in [0, 0.05) is 6.54 Å². The Morgan fingerprint density at radius 3 is 2.87 bits per heavy atom. The van der Waals surface area contributed by atoms with E-state index in [2.05, 4.69) is 15.6 Å². The average Bonchev–Trinajstić information content (AvgIpc) is 3.43. The molecule has 3 aromatic rings. The summed E-state index contributed by atoms with van der Waals surface area (Å²) in [5, 5.41) is 11.1. The van der Waals surface area contributed by atoms with E-state index in [9.17, 15) is 4.79 Å². The molecule has 1 aromatic heterocycles. The second-order valence-corrected chi connectivity index (χ2v) is 7.01. The smallest absolute Gasteiger partial charge is 0.274 e. The van der Waals surface area contributed by atoms with Crippen molar-refractivity contribution in [2.45, 2.75) is 25.8 Å². The number of ether oxygens (including phenoxy) is 4. The van der Waals surface area contributed by atoms with Crippen molar-refractivity contribution in [2.75, 3.05) is 13.9 Å². The molecular weight excluding hydrogens is 388 g/mol. The van der Waals surface area contributed by atoms with Gasteiger partial charge in [0.15, 0.2) is 17.2 Å². The summed E-state index contributed by atoms with van der Waals surface area (Å²) in [6.45, 7) is 1.31. The van der Waals surface area contributed by atoms with Gasteiger partial charge in [0.1, 0.15) is 11.9 Å². The molecule has 0 saturated heterocycles.